The van der Waals surface area contributed by atoms with Crippen molar-refractivity contribution >= 4 is 26.2 Å². The first kappa shape index (κ1) is 20.5. The minimum absolute atomic E-state index is 0.124. The molecular formula is C18H13CuF3IN2O. The van der Waals surface area contributed by atoms with E-state index < -0.39 is 11.7 Å². The average molecular weight is 521 g/mol. The van der Waals surface area contributed by atoms with Crippen molar-refractivity contribution in [3.8, 4) is 22.6 Å². The fourth-order valence-corrected chi connectivity index (χ4v) is 2.24. The van der Waals surface area contributed by atoms with E-state index in [-0.39, 0.29) is 5.75 Å². The molecule has 2 aromatic carbocycles. The summed E-state index contributed by atoms with van der Waals surface area (Å²) in [6, 6.07) is 15.2. The van der Waals surface area contributed by atoms with Crippen LogP contribution in [0, 0.1) is 0 Å². The van der Waals surface area contributed by atoms with Gasteiger partial charge in [-0.3, -0.25) is 0 Å². The van der Waals surface area contributed by atoms with Crippen LogP contribution in [0.3, 0.4) is 0 Å². The molecule has 3 nitrogen and oxygen atoms in total. The first-order valence-electron chi connectivity index (χ1n) is 7.21. The Kier molecular flexibility index (Phi) is 7.31. The molecule has 0 radical (unpaired) electrons. The molecule has 3 rings (SSSR count). The molecule has 0 amide bonds. The van der Waals surface area contributed by atoms with E-state index in [2.05, 4.69) is 17.7 Å². The van der Waals surface area contributed by atoms with Crippen LogP contribution >= 0.6 is 20.3 Å². The van der Waals surface area contributed by atoms with Crippen LogP contribution in [0.15, 0.2) is 66.9 Å². The number of benzene rings is 2. The number of nitrogens with zero attached hydrogens (tertiary/aromatic N) is 1. The summed E-state index contributed by atoms with van der Waals surface area (Å²) in [4.78, 5) is 4.02. The van der Waals surface area contributed by atoms with Crippen molar-refractivity contribution in [1.29, 1.82) is 0 Å². The van der Waals surface area contributed by atoms with E-state index >= 15 is 0 Å². The van der Waals surface area contributed by atoms with Gasteiger partial charge in [-0.05, 0) is 48.0 Å². The number of nitrogens with two attached hydrogens (primary N) is 1. The van der Waals surface area contributed by atoms with Crippen LogP contribution in [0.2, 0.25) is 0 Å². The second kappa shape index (κ2) is 9.25. The number of hydrogen-bond acceptors (Lipinski definition) is 3. The molecule has 0 aliphatic heterocycles. The van der Waals surface area contributed by atoms with Gasteiger partial charge in [-0.15, -0.1) is 0 Å². The molecule has 0 aliphatic carbocycles. The van der Waals surface area contributed by atoms with E-state index in [1.54, 1.807) is 56.9 Å². The molecule has 0 bridgehead atoms. The van der Waals surface area contributed by atoms with Crippen molar-refractivity contribution in [3.05, 3.63) is 72.4 Å². The predicted molar refractivity (Wildman–Crippen MR) is 99.6 cm³/mol. The molecule has 1 heterocycles. The Bertz CT molecular complexity index is 858. The van der Waals surface area contributed by atoms with Gasteiger partial charge in [0.05, 0.1) is 5.56 Å². The number of halogens is 4. The zero-order valence-electron chi connectivity index (χ0n) is 13.1. The van der Waals surface area contributed by atoms with Gasteiger partial charge in [-0.1, -0.05) is 18.2 Å². The number of nitrogen functional groups attached to an aromatic ring is 1. The topological polar surface area (TPSA) is 48.1 Å². The molecular weight excluding hydrogens is 508 g/mol. The average Bonchev–Trinajstić information content (AvgIpc) is 2.64. The van der Waals surface area contributed by atoms with Crippen LogP contribution in [0.1, 0.15) is 5.56 Å². The van der Waals surface area contributed by atoms with Gasteiger partial charge in [-0.2, -0.15) is 13.2 Å². The molecule has 0 unspecified atom stereocenters. The predicted octanol–water partition coefficient (Wildman–Crippen LogP) is 6.03. The van der Waals surface area contributed by atoms with Crippen molar-refractivity contribution in [2.45, 2.75) is 6.18 Å². The van der Waals surface area contributed by atoms with Gasteiger partial charge in [0.15, 0.2) is 0 Å². The van der Waals surface area contributed by atoms with E-state index in [1.807, 2.05) is 6.07 Å². The van der Waals surface area contributed by atoms with Crippen LogP contribution in [0.25, 0.3) is 11.1 Å². The third-order valence-electron chi connectivity index (χ3n) is 3.40. The molecule has 0 aliphatic rings. The van der Waals surface area contributed by atoms with Gasteiger partial charge in [0.2, 0.25) is 0 Å². The van der Waals surface area contributed by atoms with Gasteiger partial charge in [0.25, 0.3) is 0 Å². The molecule has 0 fully saturated rings. The van der Waals surface area contributed by atoms with Gasteiger partial charge in [-0.25, -0.2) is 4.98 Å². The Hall–Kier alpha value is -1.77. The maximum absolute atomic E-state index is 12.7. The van der Waals surface area contributed by atoms with Crippen molar-refractivity contribution < 1.29 is 30.7 Å². The first-order chi connectivity index (χ1) is 12.4. The standard InChI is InChI=1S/C18H13F3N2O.Cu.HI/c19-18(20,21)13-3-1-4-15(11-13)24-14-8-6-12(7-9-14)16-5-2-10-23-17(16)22;;/h1-11H,(H2,22,23);;1H/q;+1;/p-1. The fourth-order valence-electron chi connectivity index (χ4n) is 2.24. The Morgan fingerprint density at radius 1 is 0.923 bits per heavy atom. The normalized spacial score (nSPS) is 10.7. The third kappa shape index (κ3) is 5.36. The van der Waals surface area contributed by atoms with Crippen LogP contribution in [0.5, 0.6) is 11.5 Å². The number of rotatable bonds is 3. The number of ether oxygens (including phenoxy) is 1. The maximum atomic E-state index is 12.7. The molecule has 140 valence electrons. The van der Waals surface area contributed by atoms with Gasteiger partial charge >= 0.3 is 39.3 Å². The Morgan fingerprint density at radius 2 is 1.62 bits per heavy atom. The summed E-state index contributed by atoms with van der Waals surface area (Å²) in [7, 11) is 0. The van der Waals surface area contributed by atoms with Crippen LogP contribution in [-0.2, 0) is 18.9 Å². The van der Waals surface area contributed by atoms with Crippen LogP contribution in [-0.4, -0.2) is 4.98 Å². The summed E-state index contributed by atoms with van der Waals surface area (Å²) in [6.07, 6.45) is -2.80. The van der Waals surface area contributed by atoms with E-state index in [1.165, 1.54) is 12.1 Å². The Morgan fingerprint density at radius 3 is 2.23 bits per heavy atom. The molecule has 1 aromatic heterocycles. The summed E-state index contributed by atoms with van der Waals surface area (Å²) in [5.41, 5.74) is 6.70. The second-order valence-electron chi connectivity index (χ2n) is 5.09. The van der Waals surface area contributed by atoms with Crippen molar-refractivity contribution in [2.24, 2.45) is 0 Å². The first-order valence-corrected chi connectivity index (χ1v) is 10.2. The summed E-state index contributed by atoms with van der Waals surface area (Å²) in [5.74, 6) is 0.961. The molecule has 3 aromatic rings. The van der Waals surface area contributed by atoms with E-state index in [0.717, 1.165) is 23.3 Å². The van der Waals surface area contributed by atoms with E-state index in [9.17, 15) is 13.2 Å². The Balaban J connectivity index is 0.00000117. The van der Waals surface area contributed by atoms with Gasteiger partial charge in [0, 0.05) is 11.8 Å². The van der Waals surface area contributed by atoms with Crippen molar-refractivity contribution in [3.63, 3.8) is 0 Å². The number of pyridine rings is 1. The zero-order chi connectivity index (χ0) is 19.2. The SMILES string of the molecule is Nc1ncccc1-c1ccc(Oc2cccc(C(F)(F)F)c2)cc1.[Cu][I]. The quantitative estimate of drug-likeness (QED) is 0.339. The van der Waals surface area contributed by atoms with Crippen LogP contribution in [0.4, 0.5) is 19.0 Å². The Labute approximate surface area is 168 Å². The van der Waals surface area contributed by atoms with Gasteiger partial charge in [0.1, 0.15) is 17.3 Å². The molecule has 0 saturated heterocycles. The second-order valence-corrected chi connectivity index (χ2v) is 5.09. The molecule has 0 spiro atoms. The molecule has 8 heteroatoms. The summed E-state index contributed by atoms with van der Waals surface area (Å²) in [6.45, 7) is 0. The summed E-state index contributed by atoms with van der Waals surface area (Å²) >= 11 is 5.87. The van der Waals surface area contributed by atoms with Crippen LogP contribution < -0.4 is 10.5 Å². The minimum atomic E-state index is -4.40. The fraction of sp³-hybridized carbons (Fsp3) is 0.0556. The zero-order valence-corrected chi connectivity index (χ0v) is 16.2. The molecule has 0 atom stereocenters. The number of alkyl halides is 3. The number of aromatic nitrogens is 1. The number of hydrogen-bond donors (Lipinski definition) is 1. The number of anilines is 1. The van der Waals surface area contributed by atoms with E-state index in [0.29, 0.717) is 11.6 Å². The third-order valence-corrected chi connectivity index (χ3v) is 3.40. The van der Waals surface area contributed by atoms with E-state index in [4.69, 9.17) is 10.5 Å². The summed E-state index contributed by atoms with van der Waals surface area (Å²) in [5, 5.41) is 0. The monoisotopic (exact) mass is 520 g/mol. The molecule has 0 saturated carbocycles. The molecule has 26 heavy (non-hydrogen) atoms. The molecule has 2 N–H and O–H groups in total. The van der Waals surface area contributed by atoms with Crippen molar-refractivity contribution in [1.82, 2.24) is 4.98 Å². The summed E-state index contributed by atoms with van der Waals surface area (Å²) < 4.78 is 43.6. The van der Waals surface area contributed by atoms with Gasteiger partial charge < -0.3 is 10.5 Å². The van der Waals surface area contributed by atoms with Crippen molar-refractivity contribution in [2.75, 3.05) is 5.73 Å².